The number of carbonyl (C=O) groups excluding carboxylic acids is 1. The Morgan fingerprint density at radius 3 is 2.04 bits per heavy atom. The molecule has 10 N–H and O–H groups in total. The Labute approximate surface area is 326 Å². The van der Waals surface area contributed by atoms with Crippen molar-refractivity contribution in [3.8, 4) is 23.0 Å². The molecule has 0 aromatic heterocycles. The van der Waals surface area contributed by atoms with Gasteiger partial charge >= 0.3 is 5.97 Å². The first-order valence-electron chi connectivity index (χ1n) is 18.0. The second kappa shape index (κ2) is 19.8. The lowest BCUT2D eigenvalue weighted by molar-refractivity contribution is -0.386. The molecule has 0 bridgehead atoms. The average Bonchev–Trinajstić information content (AvgIpc) is 3.20. The number of carbonyl (C=O) groups is 1. The molecule has 5 rings (SSSR count). The molecule has 20 heteroatoms. The first-order valence-corrected chi connectivity index (χ1v) is 18.0. The zero-order valence-electron chi connectivity index (χ0n) is 31.2. The fraction of sp³-hybridized carbons (Fsp3) is 0.595. The summed E-state index contributed by atoms with van der Waals surface area (Å²) in [6, 6.07) is 8.96. The number of aliphatic hydroxyl groups excluding tert-OH is 8. The molecule has 318 valence electrons. The van der Waals surface area contributed by atoms with Gasteiger partial charge in [-0.1, -0.05) is 12.1 Å². The monoisotopic (exact) mass is 814 g/mol. The normalized spacial score (nSPS) is 35.9. The molecule has 0 radical (unpaired) electrons. The van der Waals surface area contributed by atoms with Gasteiger partial charge in [-0.25, -0.2) is 4.79 Å². The summed E-state index contributed by atoms with van der Waals surface area (Å²) in [6.45, 7) is -0.321. The number of aromatic hydroxyl groups is 2. The lowest BCUT2D eigenvalue weighted by Crippen LogP contribution is -2.66. The Hall–Kier alpha value is -3.71. The molecule has 3 saturated heterocycles. The van der Waals surface area contributed by atoms with Gasteiger partial charge in [0, 0.05) is 6.08 Å². The highest BCUT2D eigenvalue weighted by atomic mass is 16.8. The lowest BCUT2D eigenvalue weighted by Gasteiger charge is -2.48. The van der Waals surface area contributed by atoms with Crippen LogP contribution in [0.25, 0.3) is 6.08 Å². The minimum atomic E-state index is -1.93. The standard InChI is InChI=1S/C37H50O20/c1-16-26(43)29(46)34(57-36-30(47)28(45)27(44)23(14-38)53-36)37(52-16)56-33-31(48)35(51-11-10-18-5-8-21(49-2)20(41)12-18)54-24(15-39)32(33)55-25(42)9-6-17-4-7-19(40)22(13-17)50-3/h4-9,12-13,16,23-24,26-41,43-48H,10-11,14-15H2,1-3H3/t16-,23+,24+,26-,27+,28-,29+,30+,31+,32+,33+,34+,35+,36-,37-/m0/s1. The summed E-state index contributed by atoms with van der Waals surface area (Å²) in [4.78, 5) is 13.3. The van der Waals surface area contributed by atoms with Crippen LogP contribution in [0, 0.1) is 0 Å². The van der Waals surface area contributed by atoms with Crippen LogP contribution >= 0.6 is 0 Å². The number of phenolic OH excluding ortho intramolecular Hbond substituents is 2. The highest BCUT2D eigenvalue weighted by Gasteiger charge is 2.54. The van der Waals surface area contributed by atoms with Crippen molar-refractivity contribution in [2.75, 3.05) is 34.0 Å². The van der Waals surface area contributed by atoms with Gasteiger partial charge in [0.15, 0.2) is 48.0 Å². The van der Waals surface area contributed by atoms with E-state index in [1.807, 2.05) is 0 Å². The second-order valence-corrected chi connectivity index (χ2v) is 13.6. The second-order valence-electron chi connectivity index (χ2n) is 13.6. The number of hydrogen-bond donors (Lipinski definition) is 10. The van der Waals surface area contributed by atoms with Crippen LogP contribution in [-0.2, 0) is 44.4 Å². The molecule has 0 saturated carbocycles. The number of rotatable bonds is 15. The Morgan fingerprint density at radius 2 is 1.37 bits per heavy atom. The number of hydrogen-bond acceptors (Lipinski definition) is 20. The van der Waals surface area contributed by atoms with Crippen molar-refractivity contribution >= 4 is 12.0 Å². The lowest BCUT2D eigenvalue weighted by atomic mass is 9.96. The van der Waals surface area contributed by atoms with Gasteiger partial charge in [0.05, 0.1) is 40.1 Å². The zero-order valence-corrected chi connectivity index (χ0v) is 31.2. The number of esters is 1. The van der Waals surface area contributed by atoms with Crippen molar-refractivity contribution in [1.82, 2.24) is 0 Å². The van der Waals surface area contributed by atoms with E-state index < -0.39 is 111 Å². The third-order valence-corrected chi connectivity index (χ3v) is 9.79. The van der Waals surface area contributed by atoms with Crippen molar-refractivity contribution < 1.29 is 98.5 Å². The molecule has 0 unspecified atom stereocenters. The van der Waals surface area contributed by atoms with E-state index in [0.29, 0.717) is 11.1 Å². The highest BCUT2D eigenvalue weighted by Crippen LogP contribution is 2.35. The Kier molecular flexibility index (Phi) is 15.4. The van der Waals surface area contributed by atoms with Crippen molar-refractivity contribution in [3.05, 3.63) is 53.6 Å². The number of aliphatic hydroxyl groups is 8. The molecule has 0 aliphatic carbocycles. The van der Waals surface area contributed by atoms with Gasteiger partial charge in [-0.05, 0) is 54.8 Å². The molecule has 20 nitrogen and oxygen atoms in total. The van der Waals surface area contributed by atoms with Crippen LogP contribution in [0.1, 0.15) is 18.1 Å². The molecule has 3 heterocycles. The molecule has 2 aromatic carbocycles. The molecule has 3 aliphatic heterocycles. The fourth-order valence-corrected chi connectivity index (χ4v) is 6.54. The largest absolute Gasteiger partial charge is 0.504 e. The molecule has 3 fully saturated rings. The van der Waals surface area contributed by atoms with E-state index in [0.717, 1.165) is 6.08 Å². The number of methoxy groups -OCH3 is 2. The van der Waals surface area contributed by atoms with Crippen LogP contribution < -0.4 is 9.47 Å². The van der Waals surface area contributed by atoms with E-state index in [2.05, 4.69) is 0 Å². The summed E-state index contributed by atoms with van der Waals surface area (Å²) >= 11 is 0. The van der Waals surface area contributed by atoms with Gasteiger partial charge in [0.25, 0.3) is 0 Å². The summed E-state index contributed by atoms with van der Waals surface area (Å²) in [5, 5.41) is 105. The third kappa shape index (κ3) is 10.3. The van der Waals surface area contributed by atoms with Crippen molar-refractivity contribution in [1.29, 1.82) is 0 Å². The SMILES string of the molecule is COc1ccc(CCO[C@@H]2O[C@H](CO)[C@@H](OC(=O)C=Cc3ccc(O)c(OC)c3)[C@H](O[C@@H]3O[C@@H](C)[C@H](O)[C@@H](O)[C@H]3O[C@@H]3O[C@H](CO)[C@@H](O)[C@H](O)[C@H]3O)[C@H]2O)cc1O. The molecule has 3 aliphatic rings. The van der Waals surface area contributed by atoms with Crippen LogP contribution in [0.3, 0.4) is 0 Å². The van der Waals surface area contributed by atoms with E-state index in [1.165, 1.54) is 51.5 Å². The summed E-state index contributed by atoms with van der Waals surface area (Å²) in [6.07, 6.45) is -22.5. The molecule has 2 aromatic rings. The predicted octanol–water partition coefficient (Wildman–Crippen LogP) is -2.59. The zero-order chi connectivity index (χ0) is 41.6. The third-order valence-electron chi connectivity index (χ3n) is 9.79. The van der Waals surface area contributed by atoms with E-state index in [9.17, 15) is 55.9 Å². The van der Waals surface area contributed by atoms with Gasteiger partial charge in [0.1, 0.15) is 61.0 Å². The van der Waals surface area contributed by atoms with Gasteiger partial charge < -0.3 is 93.7 Å². The molecule has 0 amide bonds. The topological polar surface area (TPSA) is 302 Å². The van der Waals surface area contributed by atoms with Gasteiger partial charge in [-0.2, -0.15) is 0 Å². The van der Waals surface area contributed by atoms with Crippen LogP contribution in [0.4, 0.5) is 0 Å². The Morgan fingerprint density at radius 1 is 0.684 bits per heavy atom. The summed E-state index contributed by atoms with van der Waals surface area (Å²) in [7, 11) is 2.74. The van der Waals surface area contributed by atoms with E-state index >= 15 is 0 Å². The van der Waals surface area contributed by atoms with E-state index in [1.54, 1.807) is 12.1 Å². The number of ether oxygens (including phenoxy) is 9. The predicted molar refractivity (Wildman–Crippen MR) is 190 cm³/mol. The molecular weight excluding hydrogens is 764 g/mol. The smallest absolute Gasteiger partial charge is 0.331 e. The van der Waals surface area contributed by atoms with Crippen molar-refractivity contribution in [2.24, 2.45) is 0 Å². The van der Waals surface area contributed by atoms with E-state index in [4.69, 9.17) is 42.6 Å². The molecule has 0 spiro atoms. The maximum absolute atomic E-state index is 13.3. The number of benzene rings is 2. The van der Waals surface area contributed by atoms with Crippen LogP contribution in [-0.4, -0.2) is 183 Å². The molecule has 57 heavy (non-hydrogen) atoms. The minimum Gasteiger partial charge on any atom is -0.504 e. The van der Waals surface area contributed by atoms with Gasteiger partial charge in [-0.15, -0.1) is 0 Å². The van der Waals surface area contributed by atoms with Gasteiger partial charge in [-0.3, -0.25) is 0 Å². The number of phenols is 2. The summed E-state index contributed by atoms with van der Waals surface area (Å²) in [5.74, 6) is -0.875. The molecular formula is C37H50O20. The average molecular weight is 815 g/mol. The van der Waals surface area contributed by atoms with E-state index in [-0.39, 0.29) is 36.0 Å². The maximum atomic E-state index is 13.3. The van der Waals surface area contributed by atoms with Gasteiger partial charge in [0.2, 0.25) is 0 Å². The Balaban J connectivity index is 1.41. The van der Waals surface area contributed by atoms with Crippen LogP contribution in [0.5, 0.6) is 23.0 Å². The first-order chi connectivity index (χ1) is 27.2. The highest BCUT2D eigenvalue weighted by molar-refractivity contribution is 5.87. The van der Waals surface area contributed by atoms with Crippen LogP contribution in [0.2, 0.25) is 0 Å². The minimum absolute atomic E-state index is 0.105. The van der Waals surface area contributed by atoms with Crippen molar-refractivity contribution in [3.63, 3.8) is 0 Å². The molecule has 15 atom stereocenters. The summed E-state index contributed by atoms with van der Waals surface area (Å²) < 4.78 is 50.8. The Bertz CT molecular complexity index is 1640. The van der Waals surface area contributed by atoms with Crippen molar-refractivity contribution in [2.45, 2.75) is 105 Å². The maximum Gasteiger partial charge on any atom is 0.331 e. The quantitative estimate of drug-likeness (QED) is 0.0652. The fourth-order valence-electron chi connectivity index (χ4n) is 6.54. The summed E-state index contributed by atoms with van der Waals surface area (Å²) in [5.41, 5.74) is 1.05. The van der Waals surface area contributed by atoms with Crippen LogP contribution in [0.15, 0.2) is 42.5 Å². The first kappa shape index (κ1) is 44.4.